The maximum Gasteiger partial charge on any atom is 0.265 e. The van der Waals surface area contributed by atoms with Crippen LogP contribution >= 0.6 is 34.5 Å². The second-order valence-corrected chi connectivity index (χ2v) is 7.26. The molecule has 2 aromatic carbocycles. The summed E-state index contributed by atoms with van der Waals surface area (Å²) in [4.78, 5) is 12.9. The Labute approximate surface area is 160 Å². The second-order valence-electron chi connectivity index (χ2n) is 5.51. The summed E-state index contributed by atoms with van der Waals surface area (Å²) in [5, 5.41) is 5.87. The number of amides is 1. The van der Waals surface area contributed by atoms with Crippen molar-refractivity contribution in [1.82, 2.24) is 0 Å². The lowest BCUT2D eigenvalue weighted by molar-refractivity contribution is 0.103. The van der Waals surface area contributed by atoms with E-state index in [1.807, 2.05) is 36.6 Å². The third-order valence-corrected chi connectivity index (χ3v) is 4.97. The fourth-order valence-electron chi connectivity index (χ4n) is 2.21. The lowest BCUT2D eigenvalue weighted by atomic mass is 10.2. The minimum absolute atomic E-state index is 0.174. The van der Waals surface area contributed by atoms with Gasteiger partial charge < -0.3 is 10.1 Å². The molecular weight excluding hydrogens is 377 g/mol. The number of ether oxygens (including phenoxy) is 1. The van der Waals surface area contributed by atoms with Crippen molar-refractivity contribution in [3.63, 3.8) is 0 Å². The molecule has 0 spiro atoms. The number of aryl methyl sites for hydroxylation is 1. The van der Waals surface area contributed by atoms with Gasteiger partial charge in [0.2, 0.25) is 0 Å². The molecule has 0 aliphatic carbocycles. The molecule has 0 radical (unpaired) electrons. The van der Waals surface area contributed by atoms with Crippen LogP contribution < -0.4 is 10.1 Å². The number of nitrogens with one attached hydrogen (secondary N) is 1. The second kappa shape index (κ2) is 7.91. The van der Waals surface area contributed by atoms with Crippen LogP contribution in [0.2, 0.25) is 10.0 Å². The predicted octanol–water partition coefficient (Wildman–Crippen LogP) is 6.19. The Morgan fingerprint density at radius 3 is 2.80 bits per heavy atom. The highest BCUT2D eigenvalue weighted by molar-refractivity contribution is 7.12. The molecule has 0 saturated heterocycles. The topological polar surface area (TPSA) is 38.3 Å². The first-order valence-corrected chi connectivity index (χ1v) is 9.18. The monoisotopic (exact) mass is 391 g/mol. The van der Waals surface area contributed by atoms with Crippen molar-refractivity contribution in [1.29, 1.82) is 0 Å². The quantitative estimate of drug-likeness (QED) is 0.562. The molecule has 0 fully saturated rings. The highest BCUT2D eigenvalue weighted by Gasteiger charge is 2.11. The van der Waals surface area contributed by atoms with Gasteiger partial charge in [-0.1, -0.05) is 35.3 Å². The summed E-state index contributed by atoms with van der Waals surface area (Å²) in [6.45, 7) is 2.33. The van der Waals surface area contributed by atoms with E-state index in [9.17, 15) is 4.79 Å². The Hall–Kier alpha value is -2.01. The molecule has 1 N–H and O–H groups in total. The van der Waals surface area contributed by atoms with Crippen LogP contribution in [-0.4, -0.2) is 5.91 Å². The third-order valence-electron chi connectivity index (χ3n) is 3.44. The van der Waals surface area contributed by atoms with Gasteiger partial charge in [-0.2, -0.15) is 0 Å². The minimum Gasteiger partial charge on any atom is -0.487 e. The summed E-state index contributed by atoms with van der Waals surface area (Å²) >= 11 is 13.4. The maximum atomic E-state index is 12.3. The molecule has 0 unspecified atom stereocenters. The molecule has 3 rings (SSSR count). The van der Waals surface area contributed by atoms with Gasteiger partial charge in [-0.15, -0.1) is 11.3 Å². The van der Waals surface area contributed by atoms with E-state index in [1.165, 1.54) is 11.3 Å². The van der Waals surface area contributed by atoms with Crippen molar-refractivity contribution >= 4 is 46.1 Å². The number of thiophene rings is 1. The highest BCUT2D eigenvalue weighted by atomic mass is 35.5. The molecule has 0 saturated carbocycles. The zero-order valence-corrected chi connectivity index (χ0v) is 15.7. The summed E-state index contributed by atoms with van der Waals surface area (Å²) < 4.78 is 5.76. The maximum absolute atomic E-state index is 12.3. The molecule has 1 aromatic heterocycles. The number of benzene rings is 2. The van der Waals surface area contributed by atoms with Crippen molar-refractivity contribution < 1.29 is 9.53 Å². The first-order valence-electron chi connectivity index (χ1n) is 7.54. The molecule has 0 bridgehead atoms. The Morgan fingerprint density at radius 2 is 2.00 bits per heavy atom. The van der Waals surface area contributed by atoms with Gasteiger partial charge in [0.25, 0.3) is 5.91 Å². The van der Waals surface area contributed by atoms with Crippen LogP contribution in [0, 0.1) is 6.92 Å². The lowest BCUT2D eigenvalue weighted by Crippen LogP contribution is -2.10. The van der Waals surface area contributed by atoms with Crippen LogP contribution in [0.15, 0.2) is 53.9 Å². The molecule has 25 heavy (non-hydrogen) atoms. The molecule has 6 heteroatoms. The number of anilines is 1. The first-order chi connectivity index (χ1) is 12.0. The first kappa shape index (κ1) is 17.8. The lowest BCUT2D eigenvalue weighted by Gasteiger charge is -2.07. The predicted molar refractivity (Wildman–Crippen MR) is 104 cm³/mol. The number of rotatable bonds is 5. The van der Waals surface area contributed by atoms with Crippen LogP contribution in [0.5, 0.6) is 5.75 Å². The van der Waals surface area contributed by atoms with E-state index in [1.54, 1.807) is 24.3 Å². The van der Waals surface area contributed by atoms with Crippen molar-refractivity contribution in [2.24, 2.45) is 0 Å². The molecule has 1 amide bonds. The van der Waals surface area contributed by atoms with Gasteiger partial charge in [0.1, 0.15) is 12.4 Å². The van der Waals surface area contributed by atoms with Gasteiger partial charge in [0.05, 0.1) is 9.90 Å². The van der Waals surface area contributed by atoms with Gasteiger partial charge in [-0.25, -0.2) is 0 Å². The normalized spacial score (nSPS) is 10.5. The number of hydrogen-bond donors (Lipinski definition) is 1. The van der Waals surface area contributed by atoms with Gasteiger partial charge in [-0.05, 0) is 54.3 Å². The Morgan fingerprint density at radius 1 is 1.16 bits per heavy atom. The van der Waals surface area contributed by atoms with Crippen molar-refractivity contribution in [3.05, 3.63) is 80.0 Å². The highest BCUT2D eigenvalue weighted by Crippen LogP contribution is 2.27. The largest absolute Gasteiger partial charge is 0.487 e. The van der Waals surface area contributed by atoms with Crippen molar-refractivity contribution in [2.75, 3.05) is 5.32 Å². The Balaban J connectivity index is 1.63. The van der Waals surface area contributed by atoms with Crippen LogP contribution in [-0.2, 0) is 6.61 Å². The third kappa shape index (κ3) is 4.75. The van der Waals surface area contributed by atoms with E-state index in [-0.39, 0.29) is 5.91 Å². The zero-order valence-electron chi connectivity index (χ0n) is 13.4. The molecule has 3 aromatic rings. The Kier molecular flexibility index (Phi) is 5.63. The van der Waals surface area contributed by atoms with Gasteiger partial charge in [-0.3, -0.25) is 4.79 Å². The van der Waals surface area contributed by atoms with E-state index >= 15 is 0 Å². The summed E-state index contributed by atoms with van der Waals surface area (Å²) in [5.74, 6) is 0.463. The van der Waals surface area contributed by atoms with Gasteiger partial charge in [0.15, 0.2) is 0 Å². The fraction of sp³-hybridized carbons (Fsp3) is 0.105. The average Bonchev–Trinajstić information content (AvgIpc) is 3.05. The smallest absolute Gasteiger partial charge is 0.265 e. The number of hydrogen-bond acceptors (Lipinski definition) is 3. The summed E-state index contributed by atoms with van der Waals surface area (Å²) in [6.07, 6.45) is 0. The van der Waals surface area contributed by atoms with Gasteiger partial charge >= 0.3 is 0 Å². The molecule has 0 atom stereocenters. The van der Waals surface area contributed by atoms with E-state index < -0.39 is 0 Å². The van der Waals surface area contributed by atoms with Crippen LogP contribution in [0.1, 0.15) is 20.8 Å². The van der Waals surface area contributed by atoms with E-state index in [4.69, 9.17) is 27.9 Å². The van der Waals surface area contributed by atoms with Crippen LogP contribution in [0.25, 0.3) is 0 Å². The van der Waals surface area contributed by atoms with Crippen LogP contribution in [0.4, 0.5) is 5.69 Å². The number of carbonyl (C=O) groups is 1. The van der Waals surface area contributed by atoms with E-state index in [0.29, 0.717) is 33.0 Å². The zero-order chi connectivity index (χ0) is 17.8. The fourth-order valence-corrected chi connectivity index (χ4v) is 3.37. The van der Waals surface area contributed by atoms with E-state index in [0.717, 1.165) is 11.1 Å². The standard InChI is InChI=1S/C19H15Cl2NO2S/c1-12-5-6-16(21)17(7-12)24-10-13-8-18(25-11-13)19(23)22-15-4-2-3-14(20)9-15/h2-9,11H,10H2,1H3,(H,22,23). The van der Waals surface area contributed by atoms with Gasteiger partial charge in [0, 0.05) is 16.3 Å². The number of carbonyl (C=O) groups excluding carboxylic acids is 1. The molecule has 3 nitrogen and oxygen atoms in total. The SMILES string of the molecule is Cc1ccc(Cl)c(OCc2csc(C(=O)Nc3cccc(Cl)c3)c2)c1. The Bertz CT molecular complexity index is 908. The minimum atomic E-state index is -0.174. The molecule has 128 valence electrons. The number of halogens is 2. The molecule has 1 heterocycles. The van der Waals surface area contributed by atoms with Crippen molar-refractivity contribution in [2.45, 2.75) is 13.5 Å². The molecule has 0 aliphatic heterocycles. The summed E-state index contributed by atoms with van der Waals surface area (Å²) in [6, 6.07) is 14.5. The molecular formula is C19H15Cl2NO2S. The summed E-state index contributed by atoms with van der Waals surface area (Å²) in [7, 11) is 0. The van der Waals surface area contributed by atoms with Crippen molar-refractivity contribution in [3.8, 4) is 5.75 Å². The van der Waals surface area contributed by atoms with E-state index in [2.05, 4.69) is 5.32 Å². The molecule has 0 aliphatic rings. The van der Waals surface area contributed by atoms with Crippen LogP contribution in [0.3, 0.4) is 0 Å². The summed E-state index contributed by atoms with van der Waals surface area (Å²) in [5.41, 5.74) is 2.65. The average molecular weight is 392 g/mol.